The minimum absolute atomic E-state index is 0.0661. The Bertz CT molecular complexity index is 1180. The molecule has 1 N–H and O–H groups in total. The topological polar surface area (TPSA) is 93.8 Å². The molecule has 3 aromatic rings. The van der Waals surface area contributed by atoms with E-state index >= 15 is 0 Å². The van der Waals surface area contributed by atoms with Crippen LogP contribution < -0.4 is 10.2 Å². The largest absolute Gasteiger partial charge is 0.355 e. The molecule has 166 valence electrons. The molecule has 1 amide bonds. The Kier molecular flexibility index (Phi) is 4.34. The van der Waals surface area contributed by atoms with Gasteiger partial charge in [-0.3, -0.25) is 4.79 Å². The predicted octanol–water partition coefficient (Wildman–Crippen LogP) is 2.03. The van der Waals surface area contributed by atoms with Crippen molar-refractivity contribution in [2.24, 2.45) is 12.5 Å². The van der Waals surface area contributed by atoms with Gasteiger partial charge in [-0.2, -0.15) is 0 Å². The molecule has 0 radical (unpaired) electrons. The van der Waals surface area contributed by atoms with Crippen LogP contribution in [-0.4, -0.2) is 48.5 Å². The summed E-state index contributed by atoms with van der Waals surface area (Å²) < 4.78 is 3.74. The van der Waals surface area contributed by atoms with Crippen LogP contribution in [0.5, 0.6) is 0 Å². The Morgan fingerprint density at radius 3 is 2.91 bits per heavy atom. The maximum absolute atomic E-state index is 12.7. The fraction of sp³-hybridized carbons (Fsp3) is 0.522. The fourth-order valence-corrected chi connectivity index (χ4v) is 5.08. The summed E-state index contributed by atoms with van der Waals surface area (Å²) in [6.07, 6.45) is 8.90. The lowest BCUT2D eigenvalue weighted by Gasteiger charge is -2.41. The second-order valence-electron chi connectivity index (χ2n) is 9.54. The molecule has 3 aromatic heterocycles. The Hall–Kier alpha value is -3.23. The lowest BCUT2D eigenvalue weighted by molar-refractivity contribution is 0.0931. The molecular weight excluding hydrogens is 404 g/mol. The van der Waals surface area contributed by atoms with Gasteiger partial charge in [0.15, 0.2) is 5.69 Å². The molecule has 2 aliphatic carbocycles. The molecule has 9 nitrogen and oxygen atoms in total. The highest BCUT2D eigenvalue weighted by Gasteiger charge is 2.52. The molecule has 4 heterocycles. The Morgan fingerprint density at radius 2 is 2.12 bits per heavy atom. The highest BCUT2D eigenvalue weighted by molar-refractivity contribution is 5.92. The van der Waals surface area contributed by atoms with E-state index in [4.69, 9.17) is 4.98 Å². The number of anilines is 1. The van der Waals surface area contributed by atoms with Crippen LogP contribution in [0.25, 0.3) is 0 Å². The molecular formula is C23H28N8O. The number of aryl methyl sites for hydroxylation is 2. The molecule has 32 heavy (non-hydrogen) atoms. The third kappa shape index (κ3) is 3.27. The number of aromatic nitrogens is 6. The lowest BCUT2D eigenvalue weighted by Crippen LogP contribution is -2.48. The van der Waals surface area contributed by atoms with Crippen LogP contribution in [0.2, 0.25) is 0 Å². The molecule has 2 fully saturated rings. The van der Waals surface area contributed by atoms with Crippen LogP contribution in [0, 0.1) is 5.41 Å². The summed E-state index contributed by atoms with van der Waals surface area (Å²) in [4.78, 5) is 24.5. The normalized spacial score (nSPS) is 20.3. The average Bonchev–Trinajstić information content (AvgIpc) is 3.08. The van der Waals surface area contributed by atoms with E-state index < -0.39 is 0 Å². The Morgan fingerprint density at radius 1 is 1.28 bits per heavy atom. The van der Waals surface area contributed by atoms with Gasteiger partial charge in [-0.05, 0) is 43.7 Å². The third-order valence-corrected chi connectivity index (χ3v) is 7.22. The van der Waals surface area contributed by atoms with E-state index in [1.54, 1.807) is 17.2 Å². The van der Waals surface area contributed by atoms with Gasteiger partial charge in [-0.15, -0.1) is 5.10 Å². The van der Waals surface area contributed by atoms with Crippen LogP contribution in [0.15, 0.2) is 24.7 Å². The summed E-state index contributed by atoms with van der Waals surface area (Å²) in [6, 6.07) is 4.18. The summed E-state index contributed by atoms with van der Waals surface area (Å²) in [5.74, 6) is 0.864. The molecule has 1 spiro atoms. The van der Waals surface area contributed by atoms with Gasteiger partial charge in [-0.25, -0.2) is 14.6 Å². The van der Waals surface area contributed by atoms with Crippen molar-refractivity contribution in [1.82, 2.24) is 34.8 Å². The van der Waals surface area contributed by atoms with E-state index in [1.165, 1.54) is 18.5 Å². The average molecular weight is 433 g/mol. The van der Waals surface area contributed by atoms with E-state index in [1.807, 2.05) is 11.6 Å². The van der Waals surface area contributed by atoms with Gasteiger partial charge in [0.25, 0.3) is 5.91 Å². The second kappa shape index (κ2) is 7.15. The van der Waals surface area contributed by atoms with Crippen molar-refractivity contribution < 1.29 is 4.79 Å². The Labute approximate surface area is 186 Å². The minimum Gasteiger partial charge on any atom is -0.355 e. The zero-order valence-corrected chi connectivity index (χ0v) is 18.6. The first kappa shape index (κ1) is 19.5. The van der Waals surface area contributed by atoms with Gasteiger partial charge >= 0.3 is 0 Å². The summed E-state index contributed by atoms with van der Waals surface area (Å²) in [5, 5.41) is 11.4. The van der Waals surface area contributed by atoms with Crippen LogP contribution in [-0.2, 0) is 26.4 Å². The molecule has 9 heteroatoms. The fourth-order valence-electron chi connectivity index (χ4n) is 5.08. The van der Waals surface area contributed by atoms with E-state index in [-0.39, 0.29) is 11.9 Å². The number of nitrogens with zero attached hydrogens (tertiary/aromatic N) is 7. The molecule has 0 aromatic carbocycles. The summed E-state index contributed by atoms with van der Waals surface area (Å²) in [7, 11) is 1.99. The SMILES string of the molecule is CCc1nc(N2CC3(CC3)C2)ccc1Cn1cc(C(=O)N[C@@H]2CCc3c2ncn3C)nn1. The number of carbonyl (C=O) groups excluding carboxylic acids is 1. The van der Waals surface area contributed by atoms with Gasteiger partial charge in [-0.1, -0.05) is 18.2 Å². The number of rotatable bonds is 6. The predicted molar refractivity (Wildman–Crippen MR) is 118 cm³/mol. The number of amides is 1. The number of imidazole rings is 1. The van der Waals surface area contributed by atoms with Crippen molar-refractivity contribution in [2.75, 3.05) is 18.0 Å². The van der Waals surface area contributed by atoms with Gasteiger partial charge in [0.05, 0.1) is 30.8 Å². The van der Waals surface area contributed by atoms with Crippen LogP contribution in [0.3, 0.4) is 0 Å². The maximum Gasteiger partial charge on any atom is 0.274 e. The standard InChI is InChI=1S/C23H28N8O/c1-3-16-15(4-7-20(25-16)30-12-23(13-30)8-9-23)10-31-11-18(27-28-31)22(32)26-17-5-6-19-21(17)24-14-29(19)2/h4,7,11,14,17H,3,5-6,8-10,12-13H2,1-2H3,(H,26,32)/t17-/m1/s1. The quantitative estimate of drug-likeness (QED) is 0.641. The first-order valence-corrected chi connectivity index (χ1v) is 11.5. The van der Waals surface area contributed by atoms with Gasteiger partial charge in [0.2, 0.25) is 0 Å². The van der Waals surface area contributed by atoms with E-state index in [2.05, 4.69) is 44.6 Å². The van der Waals surface area contributed by atoms with Crippen LogP contribution in [0.4, 0.5) is 5.82 Å². The van der Waals surface area contributed by atoms with Crippen LogP contribution in [0.1, 0.15) is 65.4 Å². The minimum atomic E-state index is -0.212. The van der Waals surface area contributed by atoms with E-state index in [0.29, 0.717) is 17.7 Å². The van der Waals surface area contributed by atoms with Crippen molar-refractivity contribution in [3.05, 3.63) is 53.0 Å². The highest BCUT2D eigenvalue weighted by atomic mass is 16.2. The molecule has 1 aliphatic heterocycles. The molecule has 1 saturated heterocycles. The van der Waals surface area contributed by atoms with Gasteiger partial charge in [0.1, 0.15) is 5.82 Å². The number of nitrogens with one attached hydrogen (secondary N) is 1. The van der Waals surface area contributed by atoms with Crippen LogP contribution >= 0.6 is 0 Å². The van der Waals surface area contributed by atoms with Gasteiger partial charge in [0, 0.05) is 36.9 Å². The van der Waals surface area contributed by atoms with E-state index in [0.717, 1.165) is 55.1 Å². The molecule has 6 rings (SSSR count). The van der Waals surface area contributed by atoms with Crippen molar-refractivity contribution in [3.63, 3.8) is 0 Å². The second-order valence-corrected chi connectivity index (χ2v) is 9.54. The van der Waals surface area contributed by atoms with Crippen molar-refractivity contribution in [3.8, 4) is 0 Å². The smallest absolute Gasteiger partial charge is 0.274 e. The number of fused-ring (bicyclic) bond motifs is 1. The molecule has 1 saturated carbocycles. The third-order valence-electron chi connectivity index (χ3n) is 7.22. The number of carbonyl (C=O) groups is 1. The monoisotopic (exact) mass is 432 g/mol. The first-order valence-electron chi connectivity index (χ1n) is 11.5. The number of hydrogen-bond acceptors (Lipinski definition) is 6. The van der Waals surface area contributed by atoms with Crippen molar-refractivity contribution in [2.45, 2.75) is 51.6 Å². The maximum atomic E-state index is 12.7. The van der Waals surface area contributed by atoms with Gasteiger partial charge < -0.3 is 14.8 Å². The lowest BCUT2D eigenvalue weighted by atomic mass is 9.97. The van der Waals surface area contributed by atoms with E-state index in [9.17, 15) is 4.79 Å². The zero-order valence-electron chi connectivity index (χ0n) is 18.6. The number of pyridine rings is 1. The highest BCUT2D eigenvalue weighted by Crippen LogP contribution is 2.53. The number of hydrogen-bond donors (Lipinski definition) is 1. The molecule has 0 bridgehead atoms. The zero-order chi connectivity index (χ0) is 21.9. The summed E-state index contributed by atoms with van der Waals surface area (Å²) in [6.45, 7) is 4.96. The summed E-state index contributed by atoms with van der Waals surface area (Å²) >= 11 is 0. The molecule has 1 atom stereocenters. The Balaban J connectivity index is 1.13. The van der Waals surface area contributed by atoms with Crippen molar-refractivity contribution >= 4 is 11.7 Å². The first-order chi connectivity index (χ1) is 15.5. The molecule has 3 aliphatic rings. The molecule has 0 unspecified atom stereocenters. The summed E-state index contributed by atoms with van der Waals surface area (Å²) in [5.41, 5.74) is 5.28. The van der Waals surface area contributed by atoms with Crippen molar-refractivity contribution in [1.29, 1.82) is 0 Å².